The molecule has 1 heterocycles. The van der Waals surface area contributed by atoms with Crippen LogP contribution in [0.15, 0.2) is 0 Å². The molecule has 2 rings (SSSR count). The third-order valence-electron chi connectivity index (χ3n) is 4.62. The third-order valence-corrected chi connectivity index (χ3v) is 4.62. The summed E-state index contributed by atoms with van der Waals surface area (Å²) in [5.41, 5.74) is 0.0153. The summed E-state index contributed by atoms with van der Waals surface area (Å²) in [6.07, 6.45) is 2.33. The molecule has 5 heteroatoms. The number of rotatable bonds is 5. The molecule has 0 aromatic carbocycles. The van der Waals surface area contributed by atoms with Gasteiger partial charge in [0, 0.05) is 30.5 Å². The predicted molar refractivity (Wildman–Crippen MR) is 72.9 cm³/mol. The molecule has 0 aromatic rings. The van der Waals surface area contributed by atoms with Gasteiger partial charge in [0.2, 0.25) is 0 Å². The van der Waals surface area contributed by atoms with E-state index in [0.29, 0.717) is 25.0 Å². The quantitative estimate of drug-likeness (QED) is 0.704. The average Bonchev–Trinajstić information content (AvgIpc) is 2.82. The first-order chi connectivity index (χ1) is 8.96. The molecule has 4 unspecified atom stereocenters. The number of fused-ring (bicyclic) bond motifs is 1. The number of urea groups is 1. The lowest BCUT2D eigenvalue weighted by Crippen LogP contribution is -2.67. The number of nitrogens with one attached hydrogen (secondary N) is 2. The molecule has 1 aliphatic heterocycles. The molecule has 0 spiro atoms. The summed E-state index contributed by atoms with van der Waals surface area (Å²) in [5.74, 6) is 0.460. The molecule has 1 saturated carbocycles. The summed E-state index contributed by atoms with van der Waals surface area (Å²) < 4.78 is 5.70. The Balaban J connectivity index is 1.74. The minimum absolute atomic E-state index is 0.0153. The van der Waals surface area contributed by atoms with E-state index in [-0.39, 0.29) is 23.6 Å². The summed E-state index contributed by atoms with van der Waals surface area (Å²) in [5, 5.41) is 15.3. The molecular formula is C14H26N2O3. The van der Waals surface area contributed by atoms with Crippen molar-refractivity contribution in [2.75, 3.05) is 13.2 Å². The number of aliphatic hydroxyl groups excluding tert-OH is 1. The van der Waals surface area contributed by atoms with Crippen molar-refractivity contribution in [1.82, 2.24) is 10.6 Å². The molecule has 1 saturated heterocycles. The van der Waals surface area contributed by atoms with Crippen LogP contribution in [0.3, 0.4) is 0 Å². The standard InChI is InChI=1S/C14H26N2O3/c1-4-9(17)5-7-15-13(18)16-11-10-6-8-19-12(10)14(11,2)3/h9-12,17H,4-8H2,1-3H3,(H2,15,16,18). The van der Waals surface area contributed by atoms with Crippen LogP contribution in [0.25, 0.3) is 0 Å². The third kappa shape index (κ3) is 2.87. The van der Waals surface area contributed by atoms with Crippen molar-refractivity contribution in [3.05, 3.63) is 0 Å². The van der Waals surface area contributed by atoms with Crippen molar-refractivity contribution in [1.29, 1.82) is 0 Å². The monoisotopic (exact) mass is 270 g/mol. The number of carbonyl (C=O) groups excluding carboxylic acids is 1. The number of aliphatic hydroxyl groups is 1. The highest BCUT2D eigenvalue weighted by molar-refractivity contribution is 5.74. The lowest BCUT2D eigenvalue weighted by Gasteiger charge is -2.54. The van der Waals surface area contributed by atoms with Gasteiger partial charge in [-0.05, 0) is 19.3 Å². The maximum Gasteiger partial charge on any atom is 0.315 e. The van der Waals surface area contributed by atoms with Gasteiger partial charge in [0.05, 0.1) is 12.2 Å². The van der Waals surface area contributed by atoms with Crippen LogP contribution >= 0.6 is 0 Å². The number of hydrogen-bond donors (Lipinski definition) is 3. The van der Waals surface area contributed by atoms with Crippen molar-refractivity contribution in [3.8, 4) is 0 Å². The van der Waals surface area contributed by atoms with Gasteiger partial charge in [0.15, 0.2) is 0 Å². The van der Waals surface area contributed by atoms with Crippen LogP contribution in [-0.2, 0) is 4.74 Å². The zero-order valence-electron chi connectivity index (χ0n) is 12.1. The Morgan fingerprint density at radius 1 is 1.53 bits per heavy atom. The van der Waals surface area contributed by atoms with Crippen molar-refractivity contribution in [3.63, 3.8) is 0 Å². The normalized spacial score (nSPS) is 33.2. The second-order valence-electron chi connectivity index (χ2n) is 6.29. The molecule has 0 radical (unpaired) electrons. The fraction of sp³-hybridized carbons (Fsp3) is 0.929. The first-order valence-corrected chi connectivity index (χ1v) is 7.30. The van der Waals surface area contributed by atoms with Gasteiger partial charge >= 0.3 is 6.03 Å². The summed E-state index contributed by atoms with van der Waals surface area (Å²) in [6.45, 7) is 7.54. The topological polar surface area (TPSA) is 70.6 Å². The predicted octanol–water partition coefficient (Wildman–Crippen LogP) is 1.26. The van der Waals surface area contributed by atoms with Crippen molar-refractivity contribution < 1.29 is 14.6 Å². The van der Waals surface area contributed by atoms with Crippen LogP contribution in [0, 0.1) is 11.3 Å². The second kappa shape index (κ2) is 5.67. The van der Waals surface area contributed by atoms with E-state index in [9.17, 15) is 9.90 Å². The highest BCUT2D eigenvalue weighted by atomic mass is 16.5. The van der Waals surface area contributed by atoms with Crippen LogP contribution in [-0.4, -0.2) is 42.5 Å². The molecule has 19 heavy (non-hydrogen) atoms. The SMILES string of the molecule is CCC(O)CCNC(=O)NC1C2CCOC2C1(C)C. The fourth-order valence-corrected chi connectivity index (χ4v) is 3.37. The molecule has 0 bridgehead atoms. The van der Waals surface area contributed by atoms with Crippen LogP contribution in [0.1, 0.15) is 40.0 Å². The molecule has 0 aromatic heterocycles. The van der Waals surface area contributed by atoms with E-state index < -0.39 is 0 Å². The van der Waals surface area contributed by atoms with Gasteiger partial charge in [-0.25, -0.2) is 4.79 Å². The van der Waals surface area contributed by atoms with Gasteiger partial charge in [-0.3, -0.25) is 0 Å². The molecule has 4 atom stereocenters. The van der Waals surface area contributed by atoms with E-state index in [1.807, 2.05) is 6.92 Å². The molecule has 3 N–H and O–H groups in total. The molecular weight excluding hydrogens is 244 g/mol. The van der Waals surface area contributed by atoms with Gasteiger partial charge in [0.25, 0.3) is 0 Å². The smallest absolute Gasteiger partial charge is 0.315 e. The lowest BCUT2D eigenvalue weighted by molar-refractivity contribution is -0.108. The minimum Gasteiger partial charge on any atom is -0.393 e. The minimum atomic E-state index is -0.326. The molecule has 2 fully saturated rings. The first kappa shape index (κ1) is 14.6. The lowest BCUT2D eigenvalue weighted by atomic mass is 9.57. The average molecular weight is 270 g/mol. The Morgan fingerprint density at radius 2 is 2.26 bits per heavy atom. The fourth-order valence-electron chi connectivity index (χ4n) is 3.37. The van der Waals surface area contributed by atoms with E-state index in [2.05, 4.69) is 24.5 Å². The number of hydrogen-bond acceptors (Lipinski definition) is 3. The highest BCUT2D eigenvalue weighted by Gasteiger charge is 2.59. The molecule has 110 valence electrons. The van der Waals surface area contributed by atoms with E-state index in [1.54, 1.807) is 0 Å². The summed E-state index contributed by atoms with van der Waals surface area (Å²) in [4.78, 5) is 11.8. The van der Waals surface area contributed by atoms with E-state index in [0.717, 1.165) is 19.4 Å². The zero-order chi connectivity index (χ0) is 14.0. The highest BCUT2D eigenvalue weighted by Crippen LogP contribution is 2.51. The van der Waals surface area contributed by atoms with Gasteiger partial charge < -0.3 is 20.5 Å². The number of ether oxygens (including phenoxy) is 1. The van der Waals surface area contributed by atoms with Crippen molar-refractivity contribution in [2.45, 2.75) is 58.3 Å². The molecule has 5 nitrogen and oxygen atoms in total. The summed E-state index contributed by atoms with van der Waals surface area (Å²) in [6, 6.07) is 0.0582. The Hall–Kier alpha value is -0.810. The van der Waals surface area contributed by atoms with E-state index in [1.165, 1.54) is 0 Å². The molecule has 2 aliphatic rings. The largest absolute Gasteiger partial charge is 0.393 e. The van der Waals surface area contributed by atoms with Gasteiger partial charge in [0.1, 0.15) is 0 Å². The van der Waals surface area contributed by atoms with E-state index in [4.69, 9.17) is 4.74 Å². The van der Waals surface area contributed by atoms with Crippen LogP contribution in [0.4, 0.5) is 4.79 Å². The van der Waals surface area contributed by atoms with Gasteiger partial charge in [-0.15, -0.1) is 0 Å². The second-order valence-corrected chi connectivity index (χ2v) is 6.29. The van der Waals surface area contributed by atoms with Crippen LogP contribution < -0.4 is 10.6 Å². The zero-order valence-corrected chi connectivity index (χ0v) is 12.1. The summed E-state index contributed by atoms with van der Waals surface area (Å²) in [7, 11) is 0. The Bertz CT molecular complexity index is 333. The molecule has 1 aliphatic carbocycles. The van der Waals surface area contributed by atoms with Gasteiger partial charge in [-0.2, -0.15) is 0 Å². The van der Waals surface area contributed by atoms with Crippen molar-refractivity contribution in [2.24, 2.45) is 11.3 Å². The van der Waals surface area contributed by atoms with Crippen LogP contribution in [0.2, 0.25) is 0 Å². The maximum absolute atomic E-state index is 11.8. The van der Waals surface area contributed by atoms with Crippen molar-refractivity contribution >= 4 is 6.03 Å². The van der Waals surface area contributed by atoms with Crippen LogP contribution in [0.5, 0.6) is 0 Å². The summed E-state index contributed by atoms with van der Waals surface area (Å²) >= 11 is 0. The number of amides is 2. The maximum atomic E-state index is 11.8. The Morgan fingerprint density at radius 3 is 2.95 bits per heavy atom. The number of carbonyl (C=O) groups is 1. The first-order valence-electron chi connectivity index (χ1n) is 7.30. The molecule has 2 amide bonds. The Kier molecular flexibility index (Phi) is 4.36. The van der Waals surface area contributed by atoms with E-state index >= 15 is 0 Å². The Labute approximate surface area is 115 Å². The van der Waals surface area contributed by atoms with Gasteiger partial charge in [-0.1, -0.05) is 20.8 Å².